The van der Waals surface area contributed by atoms with Gasteiger partial charge in [-0.1, -0.05) is 13.3 Å². The Kier molecular flexibility index (Phi) is 7.27. The molecule has 1 atom stereocenters. The smallest absolute Gasteiger partial charge is 0.0684 e. The largest absolute Gasteiger partial charge is 0.383 e. The van der Waals surface area contributed by atoms with Gasteiger partial charge in [-0.2, -0.15) is 0 Å². The van der Waals surface area contributed by atoms with Crippen LogP contribution < -0.4 is 5.32 Å². The van der Waals surface area contributed by atoms with Crippen LogP contribution >= 0.6 is 31.9 Å². The van der Waals surface area contributed by atoms with Gasteiger partial charge in [-0.05, 0) is 44.3 Å². The summed E-state index contributed by atoms with van der Waals surface area (Å²) in [4.78, 5) is 4.37. The summed E-state index contributed by atoms with van der Waals surface area (Å²) in [5, 5.41) is 3.47. The van der Waals surface area contributed by atoms with E-state index in [1.165, 1.54) is 0 Å². The maximum Gasteiger partial charge on any atom is 0.0684 e. The summed E-state index contributed by atoms with van der Waals surface area (Å²) in [5.41, 5.74) is 1.02. The molecular weight excluding hydrogens is 348 g/mol. The minimum Gasteiger partial charge on any atom is -0.383 e. The van der Waals surface area contributed by atoms with Crippen molar-refractivity contribution in [1.82, 2.24) is 10.3 Å². The van der Waals surface area contributed by atoms with E-state index in [2.05, 4.69) is 49.1 Å². The number of methoxy groups -OCH3 is 1. The van der Waals surface area contributed by atoms with E-state index in [9.17, 15) is 0 Å². The first-order valence-corrected chi connectivity index (χ1v) is 7.28. The topological polar surface area (TPSA) is 34.1 Å². The molecule has 0 aliphatic rings. The number of aromatic nitrogens is 1. The van der Waals surface area contributed by atoms with Gasteiger partial charge in [0, 0.05) is 34.8 Å². The van der Waals surface area contributed by atoms with E-state index < -0.39 is 0 Å². The van der Waals surface area contributed by atoms with E-state index in [0.717, 1.165) is 40.6 Å². The highest BCUT2D eigenvalue weighted by Gasteiger charge is 2.08. The zero-order valence-electron chi connectivity index (χ0n) is 10.2. The number of ether oxygens (including phenoxy) is 1. The zero-order chi connectivity index (χ0) is 12.7. The fourth-order valence-electron chi connectivity index (χ4n) is 1.61. The Balaban J connectivity index is 2.52. The first-order chi connectivity index (χ1) is 8.17. The van der Waals surface area contributed by atoms with Gasteiger partial charge in [-0.15, -0.1) is 0 Å². The van der Waals surface area contributed by atoms with Crippen LogP contribution in [0, 0.1) is 0 Å². The normalized spacial score (nSPS) is 12.7. The molecule has 17 heavy (non-hydrogen) atoms. The van der Waals surface area contributed by atoms with Crippen LogP contribution in [0.3, 0.4) is 0 Å². The lowest BCUT2D eigenvalue weighted by Gasteiger charge is -2.17. The van der Waals surface area contributed by atoms with Gasteiger partial charge in [0.2, 0.25) is 0 Å². The van der Waals surface area contributed by atoms with Crippen LogP contribution in [0.4, 0.5) is 0 Å². The van der Waals surface area contributed by atoms with Crippen molar-refractivity contribution >= 4 is 31.9 Å². The number of nitrogens with one attached hydrogen (secondary N) is 1. The van der Waals surface area contributed by atoms with Crippen molar-refractivity contribution in [2.24, 2.45) is 0 Å². The molecule has 0 radical (unpaired) electrons. The van der Waals surface area contributed by atoms with Crippen molar-refractivity contribution in [2.45, 2.75) is 32.4 Å². The molecule has 1 aromatic heterocycles. The second-order valence-electron chi connectivity index (χ2n) is 3.90. The fraction of sp³-hybridized carbons (Fsp3) is 0.583. The van der Waals surface area contributed by atoms with Crippen molar-refractivity contribution in [3.05, 3.63) is 26.9 Å². The maximum atomic E-state index is 5.19. The molecule has 0 amide bonds. The predicted octanol–water partition coefficient (Wildman–Crippen LogP) is 3.51. The molecule has 0 saturated carbocycles. The Morgan fingerprint density at radius 1 is 1.47 bits per heavy atom. The lowest BCUT2D eigenvalue weighted by Crippen LogP contribution is -2.32. The van der Waals surface area contributed by atoms with E-state index >= 15 is 0 Å². The van der Waals surface area contributed by atoms with E-state index in [0.29, 0.717) is 6.04 Å². The van der Waals surface area contributed by atoms with Crippen LogP contribution in [0.1, 0.15) is 25.5 Å². The second kappa shape index (κ2) is 8.19. The van der Waals surface area contributed by atoms with Crippen LogP contribution in [0.25, 0.3) is 0 Å². The molecule has 5 heteroatoms. The Morgan fingerprint density at radius 3 is 2.82 bits per heavy atom. The first kappa shape index (κ1) is 15.1. The Labute approximate surface area is 120 Å². The number of nitrogens with zero attached hydrogens (tertiary/aromatic N) is 1. The molecule has 0 aliphatic carbocycles. The van der Waals surface area contributed by atoms with Gasteiger partial charge in [0.05, 0.1) is 12.3 Å². The van der Waals surface area contributed by atoms with Gasteiger partial charge in [-0.3, -0.25) is 4.98 Å². The van der Waals surface area contributed by atoms with Crippen LogP contribution in [-0.4, -0.2) is 24.7 Å². The highest BCUT2D eigenvalue weighted by molar-refractivity contribution is 9.11. The molecule has 0 aliphatic heterocycles. The molecule has 3 nitrogen and oxygen atoms in total. The number of halogens is 2. The summed E-state index contributed by atoms with van der Waals surface area (Å²) < 4.78 is 7.19. The van der Waals surface area contributed by atoms with Crippen LogP contribution in [0.15, 0.2) is 21.2 Å². The number of hydrogen-bond donors (Lipinski definition) is 1. The summed E-state index contributed by atoms with van der Waals surface area (Å²) in [6.45, 7) is 3.67. The lowest BCUT2D eigenvalue weighted by atomic mass is 10.2. The van der Waals surface area contributed by atoms with Gasteiger partial charge in [0.25, 0.3) is 0 Å². The molecule has 1 aromatic rings. The predicted molar refractivity (Wildman–Crippen MR) is 77.0 cm³/mol. The number of hydrogen-bond acceptors (Lipinski definition) is 3. The SMILES string of the molecule is CCCC(COC)NCc1ncc(Br)cc1Br. The minimum absolute atomic E-state index is 0.391. The van der Waals surface area contributed by atoms with Gasteiger partial charge in [-0.25, -0.2) is 0 Å². The highest BCUT2D eigenvalue weighted by atomic mass is 79.9. The Bertz CT molecular complexity index is 341. The monoisotopic (exact) mass is 364 g/mol. The summed E-state index contributed by atoms with van der Waals surface area (Å²) in [7, 11) is 1.73. The minimum atomic E-state index is 0.391. The van der Waals surface area contributed by atoms with Crippen LogP contribution in [-0.2, 0) is 11.3 Å². The molecule has 1 heterocycles. The first-order valence-electron chi connectivity index (χ1n) is 5.69. The lowest BCUT2D eigenvalue weighted by molar-refractivity contribution is 0.161. The molecule has 1 N–H and O–H groups in total. The van der Waals surface area contributed by atoms with Crippen molar-refractivity contribution in [3.8, 4) is 0 Å². The molecule has 96 valence electrons. The zero-order valence-corrected chi connectivity index (χ0v) is 13.3. The number of rotatable bonds is 7. The molecule has 0 bridgehead atoms. The fourth-order valence-corrected chi connectivity index (χ4v) is 2.74. The van der Waals surface area contributed by atoms with E-state index in [1.54, 1.807) is 7.11 Å². The molecule has 0 fully saturated rings. The molecule has 1 unspecified atom stereocenters. The quantitative estimate of drug-likeness (QED) is 0.802. The van der Waals surface area contributed by atoms with Gasteiger partial charge in [0.1, 0.15) is 0 Å². The van der Waals surface area contributed by atoms with E-state index in [-0.39, 0.29) is 0 Å². The van der Waals surface area contributed by atoms with Gasteiger partial charge in [0.15, 0.2) is 0 Å². The molecule has 1 rings (SSSR count). The standard InChI is InChI=1S/C12H18Br2N2O/c1-3-4-10(8-17-2)15-7-12-11(14)5-9(13)6-16-12/h5-6,10,15H,3-4,7-8H2,1-2H3. The van der Waals surface area contributed by atoms with Crippen LogP contribution in [0.2, 0.25) is 0 Å². The number of pyridine rings is 1. The molecule has 0 saturated heterocycles. The van der Waals surface area contributed by atoms with Crippen molar-refractivity contribution in [1.29, 1.82) is 0 Å². The van der Waals surface area contributed by atoms with Crippen molar-refractivity contribution < 1.29 is 4.74 Å². The van der Waals surface area contributed by atoms with E-state index in [4.69, 9.17) is 4.74 Å². The molecule has 0 spiro atoms. The van der Waals surface area contributed by atoms with Crippen molar-refractivity contribution in [2.75, 3.05) is 13.7 Å². The van der Waals surface area contributed by atoms with Crippen molar-refractivity contribution in [3.63, 3.8) is 0 Å². The summed E-state index contributed by atoms with van der Waals surface area (Å²) in [6, 6.07) is 2.40. The summed E-state index contributed by atoms with van der Waals surface area (Å²) in [6.07, 6.45) is 4.07. The van der Waals surface area contributed by atoms with E-state index in [1.807, 2.05) is 12.3 Å². The van der Waals surface area contributed by atoms with Gasteiger partial charge < -0.3 is 10.1 Å². The maximum absolute atomic E-state index is 5.19. The third-order valence-corrected chi connectivity index (χ3v) is 3.57. The summed E-state index contributed by atoms with van der Waals surface area (Å²) >= 11 is 6.90. The van der Waals surface area contributed by atoms with Crippen LogP contribution in [0.5, 0.6) is 0 Å². The third-order valence-electron chi connectivity index (χ3n) is 2.45. The average molecular weight is 366 g/mol. The third kappa shape index (κ3) is 5.46. The molecule has 0 aromatic carbocycles. The van der Waals surface area contributed by atoms with Gasteiger partial charge >= 0.3 is 0 Å². The highest BCUT2D eigenvalue weighted by Crippen LogP contribution is 2.19. The Morgan fingerprint density at radius 2 is 2.24 bits per heavy atom. The molecular formula is C12H18Br2N2O. The average Bonchev–Trinajstić information content (AvgIpc) is 2.28. The second-order valence-corrected chi connectivity index (χ2v) is 5.67. The summed E-state index contributed by atoms with van der Waals surface area (Å²) in [5.74, 6) is 0. The Hall–Kier alpha value is 0.0300.